The Hall–Kier alpha value is -2.29. The highest BCUT2D eigenvalue weighted by Crippen LogP contribution is 2.24. The Morgan fingerprint density at radius 3 is 2.19 bits per heavy atom. The van der Waals surface area contributed by atoms with Gasteiger partial charge >= 0.3 is 0 Å². The fourth-order valence-corrected chi connectivity index (χ4v) is 5.00. The minimum absolute atomic E-state index is 0.0752. The van der Waals surface area contributed by atoms with E-state index in [9.17, 15) is 18.0 Å². The van der Waals surface area contributed by atoms with Crippen molar-refractivity contribution in [1.82, 2.24) is 10.2 Å². The molecule has 0 radical (unpaired) electrons. The predicted octanol–water partition coefficient (Wildman–Crippen LogP) is 5.05. The molecule has 0 aliphatic carbocycles. The van der Waals surface area contributed by atoms with Crippen LogP contribution < -0.4 is 9.62 Å². The van der Waals surface area contributed by atoms with Crippen LogP contribution in [0.1, 0.15) is 51.2 Å². The highest BCUT2D eigenvalue weighted by molar-refractivity contribution is 7.92. The van der Waals surface area contributed by atoms with Crippen molar-refractivity contribution in [1.29, 1.82) is 0 Å². The van der Waals surface area contributed by atoms with Gasteiger partial charge in [0.2, 0.25) is 21.8 Å². The summed E-state index contributed by atoms with van der Waals surface area (Å²) in [6.45, 7) is 6.49. The Balaban J connectivity index is 2.17. The number of benzene rings is 2. The highest BCUT2D eigenvalue weighted by atomic mass is 35.5. The molecule has 1 atom stereocenters. The summed E-state index contributed by atoms with van der Waals surface area (Å²) in [4.78, 5) is 27.5. The quantitative estimate of drug-likeness (QED) is 0.374. The van der Waals surface area contributed by atoms with E-state index in [1.807, 2.05) is 26.0 Å². The molecule has 198 valence electrons. The Labute approximate surface area is 224 Å². The molecule has 10 heteroatoms. The molecular weight excluding hydrogens is 521 g/mol. The largest absolute Gasteiger partial charge is 0.354 e. The number of carbonyl (C=O) groups is 2. The number of anilines is 1. The molecule has 2 rings (SSSR count). The lowest BCUT2D eigenvalue weighted by atomic mass is 10.1. The van der Waals surface area contributed by atoms with Crippen LogP contribution in [0.5, 0.6) is 0 Å². The normalized spacial score (nSPS) is 12.2. The molecule has 0 aliphatic heterocycles. The van der Waals surface area contributed by atoms with E-state index >= 15 is 0 Å². The summed E-state index contributed by atoms with van der Waals surface area (Å²) in [5.41, 5.74) is 2.40. The molecule has 0 spiro atoms. The molecule has 0 bridgehead atoms. The average molecular weight is 557 g/mol. The number of carbonyl (C=O) groups excluding carboxylic acids is 2. The topological polar surface area (TPSA) is 86.8 Å². The molecule has 2 aromatic carbocycles. The maximum atomic E-state index is 13.3. The number of amides is 2. The van der Waals surface area contributed by atoms with Crippen LogP contribution in [0, 0.1) is 0 Å². The number of hydrogen-bond acceptors (Lipinski definition) is 4. The molecule has 2 aromatic rings. The number of sulfonamides is 1. The van der Waals surface area contributed by atoms with Crippen LogP contribution in [-0.4, -0.2) is 50.5 Å². The third-order valence-corrected chi connectivity index (χ3v) is 7.77. The van der Waals surface area contributed by atoms with Gasteiger partial charge in [-0.25, -0.2) is 8.42 Å². The maximum absolute atomic E-state index is 13.3. The van der Waals surface area contributed by atoms with E-state index in [0.29, 0.717) is 28.7 Å². The van der Waals surface area contributed by atoms with Crippen molar-refractivity contribution in [2.45, 2.75) is 59.0 Å². The number of nitrogens with one attached hydrogen (secondary N) is 1. The molecule has 0 unspecified atom stereocenters. The second-order valence-electron chi connectivity index (χ2n) is 8.70. The van der Waals surface area contributed by atoms with Gasteiger partial charge in [0.1, 0.15) is 6.04 Å². The number of aryl methyl sites for hydroxylation is 1. The van der Waals surface area contributed by atoms with Gasteiger partial charge in [-0.3, -0.25) is 13.9 Å². The van der Waals surface area contributed by atoms with Gasteiger partial charge in [0, 0.05) is 26.1 Å². The van der Waals surface area contributed by atoms with E-state index in [4.69, 9.17) is 23.2 Å². The van der Waals surface area contributed by atoms with Crippen molar-refractivity contribution >= 4 is 50.7 Å². The van der Waals surface area contributed by atoms with E-state index in [2.05, 4.69) is 5.32 Å². The summed E-state index contributed by atoms with van der Waals surface area (Å²) in [7, 11) is -3.54. The lowest BCUT2D eigenvalue weighted by molar-refractivity contribution is -0.140. The van der Waals surface area contributed by atoms with Crippen LogP contribution in [0.15, 0.2) is 42.5 Å². The van der Waals surface area contributed by atoms with Gasteiger partial charge in [-0.1, -0.05) is 55.2 Å². The Morgan fingerprint density at radius 1 is 1.00 bits per heavy atom. The fourth-order valence-electron chi connectivity index (χ4n) is 3.72. The zero-order chi connectivity index (χ0) is 26.9. The first kappa shape index (κ1) is 29.9. The van der Waals surface area contributed by atoms with Crippen LogP contribution in [-0.2, 0) is 32.6 Å². The third kappa shape index (κ3) is 8.68. The molecule has 0 aromatic heterocycles. The highest BCUT2D eigenvalue weighted by Gasteiger charge is 2.26. The lowest BCUT2D eigenvalue weighted by Gasteiger charge is -2.29. The number of hydrogen-bond donors (Lipinski definition) is 1. The van der Waals surface area contributed by atoms with Crippen molar-refractivity contribution in [2.24, 2.45) is 0 Å². The van der Waals surface area contributed by atoms with Gasteiger partial charge in [0.05, 0.1) is 22.0 Å². The summed E-state index contributed by atoms with van der Waals surface area (Å²) in [6, 6.07) is 11.7. The predicted molar refractivity (Wildman–Crippen MR) is 147 cm³/mol. The monoisotopic (exact) mass is 555 g/mol. The van der Waals surface area contributed by atoms with Gasteiger partial charge in [0.15, 0.2) is 0 Å². The lowest BCUT2D eigenvalue weighted by Crippen LogP contribution is -2.47. The molecule has 36 heavy (non-hydrogen) atoms. The van der Waals surface area contributed by atoms with Crippen LogP contribution >= 0.6 is 23.2 Å². The fraction of sp³-hybridized carbons (Fsp3) is 0.462. The van der Waals surface area contributed by atoms with Gasteiger partial charge < -0.3 is 10.2 Å². The minimum Gasteiger partial charge on any atom is -0.354 e. The molecule has 0 saturated carbocycles. The Bertz CT molecular complexity index is 1140. The van der Waals surface area contributed by atoms with E-state index in [-0.39, 0.29) is 31.3 Å². The first-order valence-corrected chi connectivity index (χ1v) is 14.7. The van der Waals surface area contributed by atoms with Crippen LogP contribution in [0.3, 0.4) is 0 Å². The average Bonchev–Trinajstić information content (AvgIpc) is 2.84. The van der Waals surface area contributed by atoms with Crippen LogP contribution in [0.25, 0.3) is 0 Å². The number of halogens is 2. The minimum atomic E-state index is -3.54. The zero-order valence-corrected chi connectivity index (χ0v) is 23.6. The molecule has 7 nitrogen and oxygen atoms in total. The summed E-state index contributed by atoms with van der Waals surface area (Å²) < 4.78 is 26.2. The maximum Gasteiger partial charge on any atom is 0.242 e. The molecule has 0 aliphatic rings. The van der Waals surface area contributed by atoms with Gasteiger partial charge in [-0.05, 0) is 61.6 Å². The molecule has 1 N–H and O–H groups in total. The van der Waals surface area contributed by atoms with Crippen molar-refractivity contribution in [3.05, 3.63) is 63.6 Å². The first-order chi connectivity index (χ1) is 17.0. The van der Waals surface area contributed by atoms with Crippen LogP contribution in [0.4, 0.5) is 5.69 Å². The standard InChI is InChI=1S/C26H35Cl2N3O4S/c1-5-15-29-26(33)19(3)30(18-21-11-14-23(27)24(28)17-21)25(32)8-7-16-31(36(4,34)35)22-12-9-20(6-2)10-13-22/h9-14,17,19H,5-8,15-16,18H2,1-4H3,(H,29,33)/t19-/m1/s1. The molecule has 0 heterocycles. The van der Waals surface area contributed by atoms with Crippen molar-refractivity contribution in [2.75, 3.05) is 23.7 Å². The van der Waals surface area contributed by atoms with Gasteiger partial charge in [-0.2, -0.15) is 0 Å². The zero-order valence-electron chi connectivity index (χ0n) is 21.3. The third-order valence-electron chi connectivity index (χ3n) is 5.84. The summed E-state index contributed by atoms with van der Waals surface area (Å²) in [5, 5.41) is 3.60. The first-order valence-electron chi connectivity index (χ1n) is 12.1. The Morgan fingerprint density at radius 2 is 1.64 bits per heavy atom. The number of nitrogens with zero attached hydrogens (tertiary/aromatic N) is 2. The van der Waals surface area contributed by atoms with Crippen LogP contribution in [0.2, 0.25) is 10.0 Å². The summed E-state index contributed by atoms with van der Waals surface area (Å²) >= 11 is 12.2. The second kappa shape index (κ2) is 13.9. The molecule has 0 fully saturated rings. The van der Waals surface area contributed by atoms with E-state index in [0.717, 1.165) is 30.2 Å². The van der Waals surface area contributed by atoms with Gasteiger partial charge in [0.25, 0.3) is 0 Å². The van der Waals surface area contributed by atoms with E-state index < -0.39 is 16.1 Å². The second-order valence-corrected chi connectivity index (χ2v) is 11.4. The smallest absolute Gasteiger partial charge is 0.242 e. The Kier molecular flexibility index (Phi) is 11.5. The number of rotatable bonds is 13. The van der Waals surface area contributed by atoms with Crippen molar-refractivity contribution in [3.8, 4) is 0 Å². The molecule has 2 amide bonds. The summed E-state index contributed by atoms with van der Waals surface area (Å²) in [5.74, 6) is -0.506. The van der Waals surface area contributed by atoms with Crippen molar-refractivity contribution in [3.63, 3.8) is 0 Å². The van der Waals surface area contributed by atoms with E-state index in [1.54, 1.807) is 37.3 Å². The molecule has 0 saturated heterocycles. The van der Waals surface area contributed by atoms with E-state index in [1.165, 1.54) is 9.21 Å². The molecular formula is C26H35Cl2N3O4S. The van der Waals surface area contributed by atoms with Gasteiger partial charge in [-0.15, -0.1) is 0 Å². The summed E-state index contributed by atoms with van der Waals surface area (Å²) in [6.07, 6.45) is 3.15. The van der Waals surface area contributed by atoms with Crippen molar-refractivity contribution < 1.29 is 18.0 Å². The SMILES string of the molecule is CCCNC(=O)[C@@H](C)N(Cc1ccc(Cl)c(Cl)c1)C(=O)CCCN(c1ccc(CC)cc1)S(C)(=O)=O.